The van der Waals surface area contributed by atoms with Gasteiger partial charge in [0.1, 0.15) is 0 Å². The summed E-state index contributed by atoms with van der Waals surface area (Å²) in [6, 6.07) is 0. The molecule has 0 radical (unpaired) electrons. The number of alkyl halides is 3. The molecule has 3 atom stereocenters. The number of hydrogen-bond acceptors (Lipinski definition) is 3. The second kappa shape index (κ2) is 5.54. The first-order valence-corrected chi connectivity index (χ1v) is 5.90. The van der Waals surface area contributed by atoms with Crippen molar-refractivity contribution >= 4 is 0 Å². The van der Waals surface area contributed by atoms with Crippen molar-refractivity contribution in [2.75, 3.05) is 13.2 Å². The van der Waals surface area contributed by atoms with E-state index in [9.17, 15) is 18.3 Å². The minimum atomic E-state index is -4.32. The third kappa shape index (κ3) is 3.82. The van der Waals surface area contributed by atoms with Crippen LogP contribution in [0.25, 0.3) is 0 Å². The van der Waals surface area contributed by atoms with Gasteiger partial charge in [0.2, 0.25) is 0 Å². The van der Waals surface area contributed by atoms with E-state index in [1.54, 1.807) is 0 Å². The Morgan fingerprint density at radius 1 is 1.53 bits per heavy atom. The molecular formula is C11H20F3NO2. The summed E-state index contributed by atoms with van der Waals surface area (Å²) >= 11 is 0. The monoisotopic (exact) mass is 255 g/mol. The van der Waals surface area contributed by atoms with Crippen LogP contribution in [0.5, 0.6) is 0 Å². The molecule has 3 N–H and O–H groups in total. The third-order valence-electron chi connectivity index (χ3n) is 3.57. The molecule has 1 aliphatic rings. The van der Waals surface area contributed by atoms with Gasteiger partial charge in [-0.1, -0.05) is 6.42 Å². The topological polar surface area (TPSA) is 55.5 Å². The normalized spacial score (nSPS) is 31.8. The van der Waals surface area contributed by atoms with E-state index in [0.29, 0.717) is 12.8 Å². The van der Waals surface area contributed by atoms with Crippen molar-refractivity contribution in [2.45, 2.75) is 50.5 Å². The predicted molar refractivity (Wildman–Crippen MR) is 57.4 cm³/mol. The summed E-state index contributed by atoms with van der Waals surface area (Å²) < 4.78 is 41.2. The lowest BCUT2D eigenvalue weighted by Crippen LogP contribution is -2.41. The van der Waals surface area contributed by atoms with E-state index in [2.05, 4.69) is 0 Å². The summed E-state index contributed by atoms with van der Waals surface area (Å²) in [5.74, 6) is -0.0482. The van der Waals surface area contributed by atoms with E-state index in [1.165, 1.54) is 0 Å². The van der Waals surface area contributed by atoms with E-state index in [1.807, 2.05) is 0 Å². The van der Waals surface area contributed by atoms with Gasteiger partial charge in [-0.25, -0.2) is 0 Å². The molecule has 3 nitrogen and oxygen atoms in total. The molecule has 0 bridgehead atoms. The standard InChI is InChI=1S/C11H20F3NO2/c1-8(11(12,13)14)17-6-4-9-3-2-5-10(9,16)7-15/h8-9,16H,2-7,15H2,1H3. The van der Waals surface area contributed by atoms with Crippen LogP contribution in [0.3, 0.4) is 0 Å². The number of aliphatic hydroxyl groups is 1. The Labute approximate surface area is 99.1 Å². The summed E-state index contributed by atoms with van der Waals surface area (Å²) in [6.07, 6.45) is -3.35. The molecule has 0 aromatic rings. The second-order valence-electron chi connectivity index (χ2n) is 4.74. The van der Waals surface area contributed by atoms with Crippen LogP contribution in [0.1, 0.15) is 32.6 Å². The Balaban J connectivity index is 2.32. The molecule has 0 spiro atoms. The van der Waals surface area contributed by atoms with E-state index in [0.717, 1.165) is 19.8 Å². The number of halogens is 3. The fraction of sp³-hybridized carbons (Fsp3) is 1.00. The van der Waals surface area contributed by atoms with Crippen LogP contribution in [0, 0.1) is 5.92 Å². The Hall–Kier alpha value is -0.330. The number of ether oxygens (including phenoxy) is 1. The average molecular weight is 255 g/mol. The summed E-state index contributed by atoms with van der Waals surface area (Å²) in [5.41, 5.74) is 4.58. The highest BCUT2D eigenvalue weighted by atomic mass is 19.4. The summed E-state index contributed by atoms with van der Waals surface area (Å²) in [7, 11) is 0. The highest BCUT2D eigenvalue weighted by molar-refractivity contribution is 4.92. The highest BCUT2D eigenvalue weighted by Crippen LogP contribution is 2.37. The van der Waals surface area contributed by atoms with Crippen LogP contribution >= 0.6 is 0 Å². The molecule has 3 unspecified atom stereocenters. The molecule has 6 heteroatoms. The fourth-order valence-electron chi connectivity index (χ4n) is 2.29. The van der Waals surface area contributed by atoms with E-state index >= 15 is 0 Å². The van der Waals surface area contributed by atoms with Gasteiger partial charge >= 0.3 is 6.18 Å². The van der Waals surface area contributed by atoms with Crippen molar-refractivity contribution in [1.82, 2.24) is 0 Å². The van der Waals surface area contributed by atoms with E-state index in [4.69, 9.17) is 10.5 Å². The zero-order valence-electron chi connectivity index (χ0n) is 9.96. The Kier molecular flexibility index (Phi) is 4.80. The average Bonchev–Trinajstić information content (AvgIpc) is 2.60. The lowest BCUT2D eigenvalue weighted by Gasteiger charge is -2.29. The third-order valence-corrected chi connectivity index (χ3v) is 3.57. The first kappa shape index (κ1) is 14.7. The van der Waals surface area contributed by atoms with E-state index in [-0.39, 0.29) is 19.1 Å². The van der Waals surface area contributed by atoms with Gasteiger partial charge in [0.25, 0.3) is 0 Å². The molecular weight excluding hydrogens is 235 g/mol. The molecule has 0 aromatic heterocycles. The molecule has 1 saturated carbocycles. The minimum Gasteiger partial charge on any atom is -0.388 e. The molecule has 102 valence electrons. The van der Waals surface area contributed by atoms with E-state index < -0.39 is 17.9 Å². The summed E-state index contributed by atoms with van der Waals surface area (Å²) in [4.78, 5) is 0. The molecule has 1 fully saturated rings. The summed E-state index contributed by atoms with van der Waals surface area (Å²) in [6.45, 7) is 1.16. The number of nitrogens with two attached hydrogens (primary N) is 1. The minimum absolute atomic E-state index is 0.00759. The number of rotatable bonds is 5. The second-order valence-corrected chi connectivity index (χ2v) is 4.74. The maximum Gasteiger partial charge on any atom is 0.414 e. The van der Waals surface area contributed by atoms with Crippen LogP contribution in [-0.2, 0) is 4.74 Å². The first-order valence-electron chi connectivity index (χ1n) is 5.90. The van der Waals surface area contributed by atoms with Gasteiger partial charge in [0.15, 0.2) is 6.10 Å². The highest BCUT2D eigenvalue weighted by Gasteiger charge is 2.40. The molecule has 1 rings (SSSR count). The van der Waals surface area contributed by atoms with Crippen LogP contribution in [0.4, 0.5) is 13.2 Å². The van der Waals surface area contributed by atoms with Crippen molar-refractivity contribution in [3.05, 3.63) is 0 Å². The molecule has 17 heavy (non-hydrogen) atoms. The zero-order chi connectivity index (χ0) is 13.1. The maximum atomic E-state index is 12.2. The quantitative estimate of drug-likeness (QED) is 0.788. The van der Waals surface area contributed by atoms with Crippen molar-refractivity contribution in [2.24, 2.45) is 11.7 Å². The lowest BCUT2D eigenvalue weighted by molar-refractivity contribution is -0.215. The summed E-state index contributed by atoms with van der Waals surface area (Å²) in [5, 5.41) is 10.1. The molecule has 0 heterocycles. The fourth-order valence-corrected chi connectivity index (χ4v) is 2.29. The van der Waals surface area contributed by atoms with Gasteiger partial charge < -0.3 is 15.6 Å². The van der Waals surface area contributed by atoms with Crippen LogP contribution < -0.4 is 5.73 Å². The SMILES string of the molecule is CC(OCCC1CCCC1(O)CN)C(F)(F)F. The zero-order valence-corrected chi connectivity index (χ0v) is 9.96. The number of hydrogen-bond donors (Lipinski definition) is 2. The molecule has 0 amide bonds. The molecule has 0 aromatic carbocycles. The van der Waals surface area contributed by atoms with Crippen molar-refractivity contribution in [1.29, 1.82) is 0 Å². The van der Waals surface area contributed by atoms with Gasteiger partial charge in [-0.15, -0.1) is 0 Å². The van der Waals surface area contributed by atoms with Crippen molar-refractivity contribution < 1.29 is 23.0 Å². The van der Waals surface area contributed by atoms with Crippen LogP contribution in [0.2, 0.25) is 0 Å². The van der Waals surface area contributed by atoms with Gasteiger partial charge in [-0.3, -0.25) is 0 Å². The first-order chi connectivity index (χ1) is 7.79. The van der Waals surface area contributed by atoms with Gasteiger partial charge in [-0.05, 0) is 32.1 Å². The predicted octanol–water partition coefficient (Wildman–Crippen LogP) is 1.83. The lowest BCUT2D eigenvalue weighted by atomic mass is 9.88. The van der Waals surface area contributed by atoms with Gasteiger partial charge in [0.05, 0.1) is 5.60 Å². The largest absolute Gasteiger partial charge is 0.414 e. The van der Waals surface area contributed by atoms with Gasteiger partial charge in [0, 0.05) is 13.2 Å². The Bertz CT molecular complexity index is 247. The van der Waals surface area contributed by atoms with Crippen LogP contribution in [0.15, 0.2) is 0 Å². The Morgan fingerprint density at radius 3 is 2.71 bits per heavy atom. The smallest absolute Gasteiger partial charge is 0.388 e. The Morgan fingerprint density at radius 2 is 2.18 bits per heavy atom. The molecule has 0 aliphatic heterocycles. The van der Waals surface area contributed by atoms with Crippen molar-refractivity contribution in [3.8, 4) is 0 Å². The molecule has 1 aliphatic carbocycles. The maximum absolute atomic E-state index is 12.2. The van der Waals surface area contributed by atoms with Gasteiger partial charge in [-0.2, -0.15) is 13.2 Å². The molecule has 0 saturated heterocycles. The van der Waals surface area contributed by atoms with Crippen LogP contribution in [-0.4, -0.2) is 36.1 Å². The van der Waals surface area contributed by atoms with Crippen molar-refractivity contribution in [3.63, 3.8) is 0 Å².